The minimum atomic E-state index is -2.71. The Kier molecular flexibility index (Phi) is 14.9. The average Bonchev–Trinajstić information content (AvgIpc) is 2.74. The third kappa shape index (κ3) is 12.9. The molecule has 0 radical (unpaired) electrons. The van der Waals surface area contributed by atoms with Crippen LogP contribution in [0, 0.1) is 0 Å². The van der Waals surface area contributed by atoms with Crippen molar-refractivity contribution in [3.05, 3.63) is 0 Å². The maximum absolute atomic E-state index is 6.83. The molecule has 12 heteroatoms. The minimum absolute atomic E-state index is 0.654. The molecule has 0 bridgehead atoms. The van der Waals surface area contributed by atoms with Gasteiger partial charge in [0.05, 0.1) is 0 Å². The van der Waals surface area contributed by atoms with Gasteiger partial charge in [0.2, 0.25) is 0 Å². The Morgan fingerprint density at radius 1 is 0.514 bits per heavy atom. The van der Waals surface area contributed by atoms with Crippen LogP contribution in [0.15, 0.2) is 0 Å². The molecule has 1 aliphatic heterocycles. The molecule has 35 heavy (non-hydrogen) atoms. The van der Waals surface area contributed by atoms with E-state index in [1.54, 1.807) is 21.3 Å². The van der Waals surface area contributed by atoms with Crippen LogP contribution in [0.4, 0.5) is 0 Å². The molecule has 1 saturated heterocycles. The van der Waals surface area contributed by atoms with Crippen molar-refractivity contribution in [2.45, 2.75) is 129 Å². The molecule has 0 N–H and O–H groups in total. The van der Waals surface area contributed by atoms with Gasteiger partial charge in [0.1, 0.15) is 0 Å². The van der Waals surface area contributed by atoms with E-state index in [0.29, 0.717) is 6.04 Å². The molecule has 0 amide bonds. The van der Waals surface area contributed by atoms with Crippen molar-refractivity contribution in [3.63, 3.8) is 0 Å². The first-order valence-corrected chi connectivity index (χ1v) is 26.3. The Labute approximate surface area is 222 Å². The SMILES string of the molecule is CCCCCCCCCCCC[Si]1(C)O[Si](C)(C)O[Si](C)(CC[Si](OC)(OC)OC)O[Si](C)(C)O1. The maximum Gasteiger partial charge on any atom is 0.500 e. The van der Waals surface area contributed by atoms with Crippen LogP contribution < -0.4 is 0 Å². The second-order valence-corrected chi connectivity index (χ2v) is 28.7. The summed E-state index contributed by atoms with van der Waals surface area (Å²) in [6.45, 7) is 15.2. The molecule has 1 rings (SSSR count). The predicted octanol–water partition coefficient (Wildman–Crippen LogP) is 7.41. The fourth-order valence-electron chi connectivity index (χ4n) is 5.24. The molecule has 0 saturated carbocycles. The molecule has 7 nitrogen and oxygen atoms in total. The summed E-state index contributed by atoms with van der Waals surface area (Å²) in [5, 5.41) is 0. The fraction of sp³-hybridized carbons (Fsp3) is 1.00. The van der Waals surface area contributed by atoms with Crippen LogP contribution in [0.5, 0.6) is 0 Å². The predicted molar refractivity (Wildman–Crippen MR) is 156 cm³/mol. The zero-order valence-corrected chi connectivity index (χ0v) is 29.6. The van der Waals surface area contributed by atoms with Gasteiger partial charge in [0.15, 0.2) is 0 Å². The molecule has 0 atom stereocenters. The molecular formula is C23H56O7Si5. The molecule has 0 aromatic carbocycles. The van der Waals surface area contributed by atoms with E-state index in [1.165, 1.54) is 57.8 Å². The van der Waals surface area contributed by atoms with Gasteiger partial charge in [-0.1, -0.05) is 71.1 Å². The van der Waals surface area contributed by atoms with Gasteiger partial charge in [-0.05, 0) is 51.4 Å². The second kappa shape index (κ2) is 15.4. The topological polar surface area (TPSA) is 64.6 Å². The van der Waals surface area contributed by atoms with Gasteiger partial charge in [0, 0.05) is 27.4 Å². The van der Waals surface area contributed by atoms with E-state index in [9.17, 15) is 0 Å². The van der Waals surface area contributed by atoms with Gasteiger partial charge >= 0.3 is 43.0 Å². The first-order valence-electron chi connectivity index (χ1n) is 13.7. The number of unbranched alkanes of at least 4 members (excludes halogenated alkanes) is 9. The number of hydrogen-bond donors (Lipinski definition) is 0. The molecule has 0 unspecified atom stereocenters. The summed E-state index contributed by atoms with van der Waals surface area (Å²) in [7, 11) is -7.62. The van der Waals surface area contributed by atoms with Gasteiger partial charge in [-0.2, -0.15) is 0 Å². The van der Waals surface area contributed by atoms with Crippen molar-refractivity contribution in [2.24, 2.45) is 0 Å². The molecular weight excluding hydrogens is 529 g/mol. The normalized spacial score (nSPS) is 26.9. The Morgan fingerprint density at radius 3 is 1.23 bits per heavy atom. The summed E-state index contributed by atoms with van der Waals surface area (Å²) < 4.78 is 44.2. The van der Waals surface area contributed by atoms with E-state index < -0.39 is 43.0 Å². The lowest BCUT2D eigenvalue weighted by Crippen LogP contribution is -2.66. The van der Waals surface area contributed by atoms with Crippen LogP contribution >= 0.6 is 0 Å². The summed E-state index contributed by atoms with van der Waals surface area (Å²) in [5.41, 5.74) is 0. The lowest BCUT2D eigenvalue weighted by Gasteiger charge is -2.48. The highest BCUT2D eigenvalue weighted by Gasteiger charge is 2.55. The number of hydrogen-bond acceptors (Lipinski definition) is 7. The van der Waals surface area contributed by atoms with E-state index in [-0.39, 0.29) is 0 Å². The fourth-order valence-corrected chi connectivity index (χ4v) is 30.7. The molecule has 0 aromatic rings. The smallest absolute Gasteiger partial charge is 0.416 e. The molecule has 1 heterocycles. The van der Waals surface area contributed by atoms with Crippen molar-refractivity contribution in [3.8, 4) is 0 Å². The Morgan fingerprint density at radius 2 is 0.857 bits per heavy atom. The summed E-state index contributed by atoms with van der Waals surface area (Å²) in [6.07, 6.45) is 13.3. The van der Waals surface area contributed by atoms with Crippen molar-refractivity contribution in [1.82, 2.24) is 0 Å². The standard InChI is InChI=1S/C23H56O7Si5/c1-11-12-13-14-15-16-17-18-19-20-21-33(9)27-31(5,6)29-34(10,30-32(7,8)28-33)22-23-35(24-2,25-3)26-4/h11-23H2,1-10H3. The first-order chi connectivity index (χ1) is 16.3. The van der Waals surface area contributed by atoms with Gasteiger partial charge in [-0.3, -0.25) is 0 Å². The summed E-state index contributed by atoms with van der Waals surface area (Å²) in [4.78, 5) is 0. The zero-order chi connectivity index (χ0) is 26.6. The van der Waals surface area contributed by atoms with E-state index in [1.807, 2.05) is 0 Å². The van der Waals surface area contributed by atoms with E-state index in [0.717, 1.165) is 18.5 Å². The average molecular weight is 585 g/mol. The first kappa shape index (κ1) is 33.8. The van der Waals surface area contributed by atoms with E-state index >= 15 is 0 Å². The molecule has 1 fully saturated rings. The lowest BCUT2D eigenvalue weighted by atomic mass is 10.1. The van der Waals surface area contributed by atoms with Crippen molar-refractivity contribution < 1.29 is 29.7 Å². The molecule has 1 aliphatic rings. The summed E-state index contributed by atoms with van der Waals surface area (Å²) in [5.74, 6) is 0. The highest BCUT2D eigenvalue weighted by Crippen LogP contribution is 2.36. The number of rotatable bonds is 17. The molecule has 210 valence electrons. The van der Waals surface area contributed by atoms with Crippen LogP contribution in [-0.4, -0.2) is 64.4 Å². The lowest BCUT2D eigenvalue weighted by molar-refractivity contribution is 0.124. The zero-order valence-electron chi connectivity index (χ0n) is 24.6. The van der Waals surface area contributed by atoms with Crippen LogP contribution in [0.25, 0.3) is 0 Å². The van der Waals surface area contributed by atoms with Crippen LogP contribution in [0.1, 0.15) is 71.1 Å². The van der Waals surface area contributed by atoms with Crippen LogP contribution in [-0.2, 0) is 29.7 Å². The Balaban J connectivity index is 2.66. The van der Waals surface area contributed by atoms with Crippen LogP contribution in [0.3, 0.4) is 0 Å². The van der Waals surface area contributed by atoms with E-state index in [4.69, 9.17) is 29.7 Å². The van der Waals surface area contributed by atoms with Crippen molar-refractivity contribution >= 4 is 43.0 Å². The second-order valence-electron chi connectivity index (χ2n) is 11.2. The molecule has 0 aliphatic carbocycles. The summed E-state index contributed by atoms with van der Waals surface area (Å²) in [6, 6.07) is 2.39. The monoisotopic (exact) mass is 584 g/mol. The molecule has 0 spiro atoms. The van der Waals surface area contributed by atoms with Crippen LogP contribution in [0.2, 0.25) is 57.4 Å². The van der Waals surface area contributed by atoms with Gasteiger partial charge in [-0.25, -0.2) is 0 Å². The highest BCUT2D eigenvalue weighted by atomic mass is 28.5. The highest BCUT2D eigenvalue weighted by molar-refractivity contribution is 6.93. The van der Waals surface area contributed by atoms with Gasteiger partial charge in [-0.15, -0.1) is 0 Å². The van der Waals surface area contributed by atoms with Gasteiger partial charge in [0.25, 0.3) is 0 Å². The Hall–Kier alpha value is 0.804. The largest absolute Gasteiger partial charge is 0.500 e. The van der Waals surface area contributed by atoms with Crippen molar-refractivity contribution in [1.29, 1.82) is 0 Å². The quantitative estimate of drug-likeness (QED) is 0.130. The third-order valence-electron chi connectivity index (χ3n) is 6.65. The molecule has 0 aromatic heterocycles. The van der Waals surface area contributed by atoms with Gasteiger partial charge < -0.3 is 29.7 Å². The Bertz CT molecular complexity index is 562. The third-order valence-corrected chi connectivity index (χ3v) is 27.1. The minimum Gasteiger partial charge on any atom is -0.416 e. The van der Waals surface area contributed by atoms with Crippen molar-refractivity contribution in [2.75, 3.05) is 21.3 Å². The summed E-state index contributed by atoms with van der Waals surface area (Å²) >= 11 is 0. The van der Waals surface area contributed by atoms with E-state index in [2.05, 4.69) is 46.2 Å². The maximum atomic E-state index is 6.83.